The second-order valence-corrected chi connectivity index (χ2v) is 9.34. The fourth-order valence-corrected chi connectivity index (χ4v) is 4.90. The summed E-state index contributed by atoms with van der Waals surface area (Å²) in [6.07, 6.45) is 4.15. The molecule has 0 spiro atoms. The second-order valence-electron chi connectivity index (χ2n) is 8.49. The highest BCUT2D eigenvalue weighted by Crippen LogP contribution is 2.35. The van der Waals surface area contributed by atoms with Crippen molar-refractivity contribution in [1.29, 1.82) is 0 Å². The van der Waals surface area contributed by atoms with Gasteiger partial charge in [0.15, 0.2) is 5.75 Å². The molecule has 3 N–H and O–H groups in total. The zero-order chi connectivity index (χ0) is 24.0. The molecule has 0 aliphatic carbocycles. The third kappa shape index (κ3) is 3.81. The van der Waals surface area contributed by atoms with E-state index in [1.165, 1.54) is 0 Å². The molecule has 0 bridgehead atoms. The number of imidazole rings is 1. The number of rotatable bonds is 6. The maximum absolute atomic E-state index is 13.0. The van der Waals surface area contributed by atoms with Gasteiger partial charge < -0.3 is 19.7 Å². The molecular weight excluding hydrogens is 477 g/mol. The molecule has 0 radical (unpaired) electrons. The van der Waals surface area contributed by atoms with Crippen LogP contribution in [-0.4, -0.2) is 44.4 Å². The molecule has 3 heterocycles. The largest absolute Gasteiger partial charge is 0.438 e. The van der Waals surface area contributed by atoms with E-state index in [1.807, 2.05) is 12.1 Å². The van der Waals surface area contributed by atoms with Crippen LogP contribution in [-0.2, 0) is 22.7 Å². The van der Waals surface area contributed by atoms with E-state index in [0.717, 1.165) is 16.6 Å². The average Bonchev–Trinajstić information content (AvgIpc) is 3.35. The molecule has 174 valence electrons. The zero-order valence-corrected chi connectivity index (χ0v) is 19.9. The first kappa shape index (κ1) is 22.4. The van der Waals surface area contributed by atoms with E-state index in [4.69, 9.17) is 16.1 Å². The van der Waals surface area contributed by atoms with Crippen LogP contribution in [0.1, 0.15) is 41.3 Å². The van der Waals surface area contributed by atoms with Crippen LogP contribution in [0.15, 0.2) is 30.3 Å². The lowest BCUT2D eigenvalue weighted by molar-refractivity contribution is -0.142. The molecule has 2 aliphatic rings. The van der Waals surface area contributed by atoms with Crippen molar-refractivity contribution in [3.63, 3.8) is 0 Å². The SMILES string of the molecule is C=POc1cc2nc(NCc3ccc4c(c3)CN(C3(C)CCC(=O)NC3=O)C4=O)[nH]c2cc1Cl. The smallest absolute Gasteiger partial charge is 0.255 e. The van der Waals surface area contributed by atoms with Crippen LogP contribution in [0.4, 0.5) is 5.95 Å². The van der Waals surface area contributed by atoms with Crippen molar-refractivity contribution in [2.75, 3.05) is 5.32 Å². The standard InChI is InChI=1S/C23H21ClN5O4P/c1-23(6-5-19(30)28-21(23)32)29-11-13-7-12(3-4-14(13)20(29)31)10-25-22-26-16-8-15(24)18(33-34-2)9-17(16)27-22/h3-4,7-9H,2,5-6,10-11H2,1H3,(H2,25,26,27)(H,28,30,32). The lowest BCUT2D eigenvalue weighted by Crippen LogP contribution is -2.61. The molecule has 3 amide bonds. The Morgan fingerprint density at radius 2 is 2.12 bits per heavy atom. The highest BCUT2D eigenvalue weighted by Gasteiger charge is 2.48. The van der Waals surface area contributed by atoms with E-state index in [2.05, 4.69) is 26.9 Å². The van der Waals surface area contributed by atoms with Crippen LogP contribution in [0.25, 0.3) is 11.0 Å². The summed E-state index contributed by atoms with van der Waals surface area (Å²) < 4.78 is 5.39. The Kier molecular flexibility index (Phi) is 5.54. The Hall–Kier alpha value is -3.42. The Morgan fingerprint density at radius 1 is 1.29 bits per heavy atom. The first-order chi connectivity index (χ1) is 16.3. The summed E-state index contributed by atoms with van der Waals surface area (Å²) in [7, 11) is 0.496. The Morgan fingerprint density at radius 3 is 2.88 bits per heavy atom. The van der Waals surface area contributed by atoms with Gasteiger partial charge in [0.25, 0.3) is 11.8 Å². The number of nitrogens with one attached hydrogen (secondary N) is 3. The number of aromatic nitrogens is 2. The van der Waals surface area contributed by atoms with Gasteiger partial charge in [0, 0.05) is 31.1 Å². The van der Waals surface area contributed by atoms with Gasteiger partial charge in [-0.15, -0.1) is 0 Å². The maximum Gasteiger partial charge on any atom is 0.255 e. The molecule has 11 heteroatoms. The van der Waals surface area contributed by atoms with Crippen LogP contribution in [0.3, 0.4) is 0 Å². The molecule has 5 rings (SSSR count). The number of amides is 3. The molecular formula is C23H21ClN5O4P. The summed E-state index contributed by atoms with van der Waals surface area (Å²) in [6.45, 7) is 2.50. The molecule has 2 aromatic carbocycles. The Balaban J connectivity index is 1.31. The number of halogens is 1. The van der Waals surface area contributed by atoms with Crippen molar-refractivity contribution in [3.05, 3.63) is 52.0 Å². The number of imide groups is 1. The molecule has 3 aromatic rings. The van der Waals surface area contributed by atoms with Crippen molar-refractivity contribution in [2.45, 2.75) is 38.4 Å². The molecule has 1 aromatic heterocycles. The van der Waals surface area contributed by atoms with Crippen LogP contribution in [0, 0.1) is 0 Å². The number of hydrogen-bond acceptors (Lipinski definition) is 6. The molecule has 1 unspecified atom stereocenters. The lowest BCUT2D eigenvalue weighted by atomic mass is 9.89. The van der Waals surface area contributed by atoms with Crippen LogP contribution < -0.4 is 15.2 Å². The number of aromatic amines is 1. The van der Waals surface area contributed by atoms with Crippen molar-refractivity contribution in [3.8, 4) is 5.75 Å². The predicted octanol–water partition coefficient (Wildman–Crippen LogP) is 3.65. The second kappa shape index (κ2) is 8.42. The van der Waals surface area contributed by atoms with Gasteiger partial charge in [0.05, 0.1) is 16.1 Å². The number of H-pyrrole nitrogens is 1. The number of benzene rings is 2. The van der Waals surface area contributed by atoms with E-state index in [9.17, 15) is 14.4 Å². The number of fused-ring (bicyclic) bond motifs is 2. The average molecular weight is 498 g/mol. The van der Waals surface area contributed by atoms with Gasteiger partial charge >= 0.3 is 0 Å². The Bertz CT molecular complexity index is 1370. The van der Waals surface area contributed by atoms with Crippen molar-refractivity contribution in [1.82, 2.24) is 20.2 Å². The quantitative estimate of drug-likeness (QED) is 0.353. The van der Waals surface area contributed by atoms with E-state index >= 15 is 0 Å². The summed E-state index contributed by atoms with van der Waals surface area (Å²) in [4.78, 5) is 46.4. The lowest BCUT2D eigenvalue weighted by Gasteiger charge is -2.39. The molecule has 1 fully saturated rings. The minimum absolute atomic E-state index is 0.199. The minimum atomic E-state index is -1.05. The maximum atomic E-state index is 13.0. The first-order valence-corrected chi connectivity index (χ1v) is 12.0. The van der Waals surface area contributed by atoms with Gasteiger partial charge in [0.1, 0.15) is 14.0 Å². The highest BCUT2D eigenvalue weighted by molar-refractivity contribution is 7.31. The highest BCUT2D eigenvalue weighted by atomic mass is 35.5. The van der Waals surface area contributed by atoms with Crippen LogP contribution in [0.2, 0.25) is 5.02 Å². The molecule has 0 saturated carbocycles. The molecule has 2 aliphatic heterocycles. The summed E-state index contributed by atoms with van der Waals surface area (Å²) in [6, 6.07) is 9.11. The summed E-state index contributed by atoms with van der Waals surface area (Å²) in [5.41, 5.74) is 2.81. The van der Waals surface area contributed by atoms with Gasteiger partial charge in [-0.25, -0.2) is 4.98 Å². The first-order valence-electron chi connectivity index (χ1n) is 10.6. The minimum Gasteiger partial charge on any atom is -0.438 e. The number of anilines is 1. The van der Waals surface area contributed by atoms with Gasteiger partial charge in [-0.1, -0.05) is 23.7 Å². The Labute approximate surface area is 201 Å². The van der Waals surface area contributed by atoms with E-state index in [-0.39, 0.29) is 18.2 Å². The summed E-state index contributed by atoms with van der Waals surface area (Å²) >= 11 is 6.23. The van der Waals surface area contributed by atoms with Crippen molar-refractivity contribution < 1.29 is 18.9 Å². The number of nitrogens with zero attached hydrogens (tertiary/aromatic N) is 2. The van der Waals surface area contributed by atoms with Gasteiger partial charge in [-0.3, -0.25) is 19.7 Å². The fourth-order valence-electron chi connectivity index (χ4n) is 4.35. The number of carbonyl (C=O) groups excluding carboxylic acids is 3. The normalized spacial score (nSPS) is 20.1. The molecule has 1 atom stereocenters. The molecule has 9 nitrogen and oxygen atoms in total. The van der Waals surface area contributed by atoms with Gasteiger partial charge in [-0.2, -0.15) is 0 Å². The van der Waals surface area contributed by atoms with E-state index in [1.54, 1.807) is 30.0 Å². The number of piperidine rings is 1. The van der Waals surface area contributed by atoms with E-state index < -0.39 is 11.4 Å². The topological polar surface area (TPSA) is 116 Å². The van der Waals surface area contributed by atoms with Crippen molar-refractivity contribution >= 4 is 61.0 Å². The molecule has 34 heavy (non-hydrogen) atoms. The number of carbonyl (C=O) groups is 3. The third-order valence-electron chi connectivity index (χ3n) is 6.31. The summed E-state index contributed by atoms with van der Waals surface area (Å²) in [5, 5.41) is 6.08. The van der Waals surface area contributed by atoms with Crippen molar-refractivity contribution in [2.24, 2.45) is 0 Å². The van der Waals surface area contributed by atoms with Gasteiger partial charge in [0.2, 0.25) is 11.9 Å². The summed E-state index contributed by atoms with van der Waals surface area (Å²) in [5.74, 6) is 0.153. The van der Waals surface area contributed by atoms with Gasteiger partial charge in [-0.05, 0) is 42.9 Å². The predicted molar refractivity (Wildman–Crippen MR) is 130 cm³/mol. The fraction of sp³-hybridized carbons (Fsp3) is 0.261. The zero-order valence-electron chi connectivity index (χ0n) is 18.3. The van der Waals surface area contributed by atoms with Crippen LogP contribution in [0.5, 0.6) is 5.75 Å². The monoisotopic (exact) mass is 497 g/mol. The molecule has 1 saturated heterocycles. The third-order valence-corrected chi connectivity index (χ3v) is 6.93. The van der Waals surface area contributed by atoms with E-state index in [0.29, 0.717) is 55.7 Å². The number of hydrogen-bond donors (Lipinski definition) is 3. The van der Waals surface area contributed by atoms with Crippen LogP contribution >= 0.6 is 20.0 Å².